The van der Waals surface area contributed by atoms with Crippen molar-refractivity contribution in [1.82, 2.24) is 4.90 Å². The van der Waals surface area contributed by atoms with Crippen LogP contribution in [0.5, 0.6) is 0 Å². The average molecular weight is 171 g/mol. The van der Waals surface area contributed by atoms with Gasteiger partial charge >= 0.3 is 12.1 Å². The highest BCUT2D eigenvalue weighted by Crippen LogP contribution is 2.47. The molecule has 1 aliphatic heterocycles. The zero-order chi connectivity index (χ0) is 8.88. The third kappa shape index (κ3) is 0.855. The van der Waals surface area contributed by atoms with Gasteiger partial charge < -0.3 is 10.2 Å². The molecule has 12 heavy (non-hydrogen) atoms. The SMILES string of the molecule is O=C(O)[C@H]1C[C@H]2C[C@H]2N1C(=O)O. The molecule has 2 rings (SSSR count). The molecular formula is C7H9NO4. The fourth-order valence-electron chi connectivity index (χ4n) is 1.95. The van der Waals surface area contributed by atoms with Crippen molar-refractivity contribution in [3.05, 3.63) is 0 Å². The van der Waals surface area contributed by atoms with Crippen molar-refractivity contribution in [3.8, 4) is 0 Å². The molecule has 0 aromatic rings. The summed E-state index contributed by atoms with van der Waals surface area (Å²) in [5.74, 6) is -0.716. The Hall–Kier alpha value is -1.26. The molecule has 0 spiro atoms. The number of piperidine rings is 1. The average Bonchev–Trinajstić information content (AvgIpc) is 2.60. The molecule has 2 aliphatic rings. The quantitative estimate of drug-likeness (QED) is 0.591. The molecule has 0 aromatic carbocycles. The van der Waals surface area contributed by atoms with Crippen LogP contribution in [0.2, 0.25) is 0 Å². The Morgan fingerprint density at radius 3 is 2.33 bits per heavy atom. The fraction of sp³-hybridized carbons (Fsp3) is 0.714. The van der Waals surface area contributed by atoms with E-state index in [2.05, 4.69) is 0 Å². The topological polar surface area (TPSA) is 77.8 Å². The molecule has 0 bridgehead atoms. The maximum Gasteiger partial charge on any atom is 0.408 e. The second-order valence-corrected chi connectivity index (χ2v) is 3.34. The molecule has 1 heterocycles. The predicted octanol–water partition coefficient (Wildman–Crippen LogP) is 0.212. The number of hydrogen-bond acceptors (Lipinski definition) is 2. The number of amides is 1. The smallest absolute Gasteiger partial charge is 0.408 e. The van der Waals surface area contributed by atoms with Gasteiger partial charge in [-0.25, -0.2) is 9.59 Å². The Labute approximate surface area is 68.6 Å². The monoisotopic (exact) mass is 171 g/mol. The van der Waals surface area contributed by atoms with E-state index in [-0.39, 0.29) is 6.04 Å². The number of likely N-dealkylation sites (tertiary alicyclic amines) is 1. The minimum absolute atomic E-state index is 0.0106. The number of carboxylic acid groups (broad SMARTS) is 2. The summed E-state index contributed by atoms with van der Waals surface area (Å²) in [6, 6.07) is -0.810. The van der Waals surface area contributed by atoms with Crippen LogP contribution in [0.3, 0.4) is 0 Å². The van der Waals surface area contributed by atoms with Crippen molar-refractivity contribution in [3.63, 3.8) is 0 Å². The molecule has 0 radical (unpaired) electrons. The third-order valence-corrected chi connectivity index (χ3v) is 2.61. The fourth-order valence-corrected chi connectivity index (χ4v) is 1.95. The van der Waals surface area contributed by atoms with E-state index in [0.29, 0.717) is 12.3 Å². The van der Waals surface area contributed by atoms with Crippen LogP contribution >= 0.6 is 0 Å². The lowest BCUT2D eigenvalue weighted by atomic mass is 10.2. The molecule has 1 saturated carbocycles. The first-order chi connectivity index (χ1) is 5.61. The molecule has 1 aliphatic carbocycles. The van der Waals surface area contributed by atoms with Gasteiger partial charge in [0.15, 0.2) is 0 Å². The molecule has 5 nitrogen and oxygen atoms in total. The summed E-state index contributed by atoms with van der Waals surface area (Å²) in [5.41, 5.74) is 0. The summed E-state index contributed by atoms with van der Waals surface area (Å²) < 4.78 is 0. The highest BCUT2D eigenvalue weighted by atomic mass is 16.4. The Kier molecular flexibility index (Phi) is 1.31. The van der Waals surface area contributed by atoms with Crippen LogP contribution < -0.4 is 0 Å². The van der Waals surface area contributed by atoms with Gasteiger partial charge in [-0.05, 0) is 18.8 Å². The number of rotatable bonds is 1. The molecule has 1 saturated heterocycles. The van der Waals surface area contributed by atoms with Gasteiger partial charge in [0.1, 0.15) is 6.04 Å². The van der Waals surface area contributed by atoms with Crippen LogP contribution in [0.25, 0.3) is 0 Å². The molecule has 3 atom stereocenters. The van der Waals surface area contributed by atoms with Crippen molar-refractivity contribution < 1.29 is 19.8 Å². The Morgan fingerprint density at radius 1 is 1.25 bits per heavy atom. The van der Waals surface area contributed by atoms with E-state index >= 15 is 0 Å². The van der Waals surface area contributed by atoms with E-state index in [1.165, 1.54) is 0 Å². The first-order valence-corrected chi connectivity index (χ1v) is 3.85. The lowest BCUT2D eigenvalue weighted by molar-refractivity contribution is -0.142. The Balaban J connectivity index is 2.16. The van der Waals surface area contributed by atoms with Gasteiger partial charge in [-0.1, -0.05) is 0 Å². The van der Waals surface area contributed by atoms with E-state index in [1.807, 2.05) is 0 Å². The molecular weight excluding hydrogens is 162 g/mol. The van der Waals surface area contributed by atoms with E-state index in [9.17, 15) is 9.59 Å². The first-order valence-electron chi connectivity index (χ1n) is 3.85. The van der Waals surface area contributed by atoms with Gasteiger partial charge in [-0.15, -0.1) is 0 Å². The van der Waals surface area contributed by atoms with Crippen LogP contribution in [0, 0.1) is 5.92 Å². The molecule has 66 valence electrons. The molecule has 2 N–H and O–H groups in total. The predicted molar refractivity (Wildman–Crippen MR) is 37.8 cm³/mol. The minimum atomic E-state index is -1.10. The zero-order valence-corrected chi connectivity index (χ0v) is 6.30. The third-order valence-electron chi connectivity index (χ3n) is 2.61. The van der Waals surface area contributed by atoms with Gasteiger partial charge in [-0.3, -0.25) is 4.90 Å². The second kappa shape index (κ2) is 2.12. The maximum atomic E-state index is 10.6. The largest absolute Gasteiger partial charge is 0.480 e. The molecule has 2 fully saturated rings. The van der Waals surface area contributed by atoms with Gasteiger partial charge in [0.05, 0.1) is 0 Å². The van der Waals surface area contributed by atoms with Gasteiger partial charge in [0.2, 0.25) is 0 Å². The molecule has 0 unspecified atom stereocenters. The standard InChI is InChI=1S/C7H9NO4/c9-6(10)5-2-3-1-4(3)8(5)7(11)12/h3-5H,1-2H2,(H,9,10)(H,11,12)/t3-,4-,5-/m1/s1. The summed E-state index contributed by atoms with van der Waals surface area (Å²) >= 11 is 0. The molecule has 5 heteroatoms. The number of hydrogen-bond donors (Lipinski definition) is 2. The van der Waals surface area contributed by atoms with E-state index in [0.717, 1.165) is 11.3 Å². The summed E-state index contributed by atoms with van der Waals surface area (Å²) in [7, 11) is 0. The van der Waals surface area contributed by atoms with E-state index in [4.69, 9.17) is 10.2 Å². The van der Waals surface area contributed by atoms with E-state index < -0.39 is 18.1 Å². The lowest BCUT2D eigenvalue weighted by Gasteiger charge is -2.20. The van der Waals surface area contributed by atoms with Gasteiger partial charge in [0.25, 0.3) is 0 Å². The van der Waals surface area contributed by atoms with E-state index in [1.54, 1.807) is 0 Å². The zero-order valence-electron chi connectivity index (χ0n) is 6.30. The number of nitrogens with zero attached hydrogens (tertiary/aromatic N) is 1. The summed E-state index contributed by atoms with van der Waals surface area (Å²) in [5, 5.41) is 17.4. The van der Waals surface area contributed by atoms with Crippen LogP contribution in [0.15, 0.2) is 0 Å². The normalized spacial score (nSPS) is 37.7. The van der Waals surface area contributed by atoms with Crippen LogP contribution in [0.1, 0.15) is 12.8 Å². The first kappa shape index (κ1) is 7.39. The molecule has 0 aromatic heterocycles. The highest BCUT2D eigenvalue weighted by molar-refractivity contribution is 5.81. The maximum absolute atomic E-state index is 10.6. The van der Waals surface area contributed by atoms with Crippen molar-refractivity contribution in [2.45, 2.75) is 24.9 Å². The van der Waals surface area contributed by atoms with Crippen molar-refractivity contribution in [2.75, 3.05) is 0 Å². The van der Waals surface area contributed by atoms with Crippen LogP contribution in [-0.4, -0.2) is 39.3 Å². The summed E-state index contributed by atoms with van der Waals surface area (Å²) in [4.78, 5) is 22.3. The Bertz CT molecular complexity index is 252. The number of fused-ring (bicyclic) bond motifs is 1. The van der Waals surface area contributed by atoms with Crippen LogP contribution in [0.4, 0.5) is 4.79 Å². The van der Waals surface area contributed by atoms with Gasteiger partial charge in [0, 0.05) is 6.04 Å². The van der Waals surface area contributed by atoms with Crippen LogP contribution in [-0.2, 0) is 4.79 Å². The summed E-state index contributed by atoms with van der Waals surface area (Å²) in [6.45, 7) is 0. The Morgan fingerprint density at radius 2 is 1.92 bits per heavy atom. The van der Waals surface area contributed by atoms with Crippen molar-refractivity contribution in [1.29, 1.82) is 0 Å². The summed E-state index contributed by atoms with van der Waals surface area (Å²) in [6.07, 6.45) is 0.231. The van der Waals surface area contributed by atoms with Crippen molar-refractivity contribution in [2.24, 2.45) is 5.92 Å². The number of aliphatic carboxylic acids is 1. The van der Waals surface area contributed by atoms with Gasteiger partial charge in [-0.2, -0.15) is 0 Å². The lowest BCUT2D eigenvalue weighted by Crippen LogP contribution is -2.42. The second-order valence-electron chi connectivity index (χ2n) is 3.34. The van der Waals surface area contributed by atoms with Crippen molar-refractivity contribution >= 4 is 12.1 Å². The number of carbonyl (C=O) groups is 2. The highest BCUT2D eigenvalue weighted by Gasteiger charge is 2.56. The minimum Gasteiger partial charge on any atom is -0.480 e. The molecule has 1 amide bonds. The number of carboxylic acids is 1.